The molecule has 3 aliphatic rings. The van der Waals surface area contributed by atoms with Gasteiger partial charge in [0.15, 0.2) is 0 Å². The third-order valence-electron chi connectivity index (χ3n) is 6.15. The van der Waals surface area contributed by atoms with Gasteiger partial charge in [-0.2, -0.15) is 0 Å². The first-order chi connectivity index (χ1) is 9.75. The number of rotatable bonds is 3. The van der Waals surface area contributed by atoms with E-state index in [2.05, 4.69) is 17.1 Å². The first-order valence-corrected chi connectivity index (χ1v) is 9.21. The predicted octanol–water partition coefficient (Wildman–Crippen LogP) is 3.81. The largest absolute Gasteiger partial charge is 0.312 e. The van der Waals surface area contributed by atoms with Gasteiger partial charge in [-0.1, -0.05) is 39.0 Å². The van der Waals surface area contributed by atoms with Gasteiger partial charge in [0.25, 0.3) is 0 Å². The maximum Gasteiger partial charge on any atom is 0.0223 e. The molecular weight excluding hydrogens is 244 g/mol. The normalized spacial score (nSPS) is 33.1. The Kier molecular flexibility index (Phi) is 5.04. The molecule has 2 saturated carbocycles. The maximum atomic E-state index is 3.88. The number of hydrogen-bond donors (Lipinski definition) is 1. The lowest BCUT2D eigenvalue weighted by molar-refractivity contribution is 0.146. The second-order valence-corrected chi connectivity index (χ2v) is 8.07. The van der Waals surface area contributed by atoms with Crippen LogP contribution in [-0.4, -0.2) is 37.1 Å². The van der Waals surface area contributed by atoms with Gasteiger partial charge in [0.2, 0.25) is 0 Å². The van der Waals surface area contributed by atoms with Crippen molar-refractivity contribution in [3.05, 3.63) is 0 Å². The molecular formula is C18H34N2. The Labute approximate surface area is 125 Å². The van der Waals surface area contributed by atoms with Crippen LogP contribution < -0.4 is 5.32 Å². The van der Waals surface area contributed by atoms with E-state index in [1.54, 1.807) is 0 Å². The van der Waals surface area contributed by atoms with Crippen LogP contribution in [0.25, 0.3) is 0 Å². The molecule has 1 saturated heterocycles. The Morgan fingerprint density at radius 3 is 2.50 bits per heavy atom. The molecule has 0 aromatic heterocycles. The van der Waals surface area contributed by atoms with E-state index < -0.39 is 0 Å². The molecule has 1 atom stereocenters. The van der Waals surface area contributed by atoms with Crippen molar-refractivity contribution in [2.24, 2.45) is 11.3 Å². The van der Waals surface area contributed by atoms with E-state index in [4.69, 9.17) is 0 Å². The molecule has 1 unspecified atom stereocenters. The summed E-state index contributed by atoms with van der Waals surface area (Å²) in [6.45, 7) is 7.78. The van der Waals surface area contributed by atoms with Crippen molar-refractivity contribution < 1.29 is 0 Å². The molecule has 1 N–H and O–H groups in total. The Morgan fingerprint density at radius 2 is 1.75 bits per heavy atom. The third kappa shape index (κ3) is 3.76. The minimum absolute atomic E-state index is 0.626. The number of nitrogens with zero attached hydrogens (tertiary/aromatic N) is 1. The van der Waals surface area contributed by atoms with Crippen LogP contribution in [0.1, 0.15) is 71.1 Å². The van der Waals surface area contributed by atoms with Gasteiger partial charge in [-0.25, -0.2) is 0 Å². The molecule has 0 aromatic carbocycles. The number of nitrogens with one attached hydrogen (secondary N) is 1. The van der Waals surface area contributed by atoms with Gasteiger partial charge >= 0.3 is 0 Å². The first kappa shape index (κ1) is 14.8. The van der Waals surface area contributed by atoms with Crippen molar-refractivity contribution in [1.29, 1.82) is 0 Å². The number of hydrogen-bond acceptors (Lipinski definition) is 2. The van der Waals surface area contributed by atoms with Gasteiger partial charge in [0, 0.05) is 19.1 Å². The zero-order valence-corrected chi connectivity index (χ0v) is 13.5. The summed E-state index contributed by atoms with van der Waals surface area (Å²) >= 11 is 0. The highest BCUT2D eigenvalue weighted by molar-refractivity contribution is 4.89. The summed E-state index contributed by atoms with van der Waals surface area (Å²) in [5, 5.41) is 3.88. The van der Waals surface area contributed by atoms with E-state index in [1.807, 2.05) is 0 Å². The van der Waals surface area contributed by atoms with E-state index in [1.165, 1.54) is 90.4 Å². The fraction of sp³-hybridized carbons (Fsp3) is 1.00. The molecule has 1 aliphatic heterocycles. The van der Waals surface area contributed by atoms with Crippen LogP contribution in [-0.2, 0) is 0 Å². The van der Waals surface area contributed by atoms with Crippen LogP contribution in [0.4, 0.5) is 0 Å². The summed E-state index contributed by atoms with van der Waals surface area (Å²) in [6, 6.07) is 0.780. The van der Waals surface area contributed by atoms with E-state index in [0.717, 1.165) is 12.0 Å². The van der Waals surface area contributed by atoms with E-state index in [0.29, 0.717) is 5.41 Å². The minimum atomic E-state index is 0.626. The highest BCUT2D eigenvalue weighted by atomic mass is 15.2. The van der Waals surface area contributed by atoms with Crippen LogP contribution in [0, 0.1) is 11.3 Å². The zero-order chi connectivity index (χ0) is 13.8. The Bertz CT molecular complexity index is 290. The van der Waals surface area contributed by atoms with E-state index in [9.17, 15) is 0 Å². The molecule has 0 amide bonds. The predicted molar refractivity (Wildman–Crippen MR) is 86.0 cm³/mol. The van der Waals surface area contributed by atoms with Crippen molar-refractivity contribution in [1.82, 2.24) is 10.2 Å². The van der Waals surface area contributed by atoms with Crippen LogP contribution >= 0.6 is 0 Å². The molecule has 2 heteroatoms. The molecule has 116 valence electrons. The van der Waals surface area contributed by atoms with Crippen molar-refractivity contribution in [3.63, 3.8) is 0 Å². The van der Waals surface area contributed by atoms with Crippen LogP contribution in [0.3, 0.4) is 0 Å². The van der Waals surface area contributed by atoms with Crippen molar-refractivity contribution in [2.75, 3.05) is 26.2 Å². The smallest absolute Gasteiger partial charge is 0.0223 e. The summed E-state index contributed by atoms with van der Waals surface area (Å²) in [5.41, 5.74) is 0.626. The lowest BCUT2D eigenvalue weighted by Crippen LogP contribution is -2.45. The Morgan fingerprint density at radius 1 is 1.00 bits per heavy atom. The average Bonchev–Trinajstić information content (AvgIpc) is 2.75. The fourth-order valence-electron chi connectivity index (χ4n) is 4.95. The minimum Gasteiger partial charge on any atom is -0.312 e. The van der Waals surface area contributed by atoms with Crippen LogP contribution in [0.2, 0.25) is 0 Å². The topological polar surface area (TPSA) is 15.3 Å². The molecule has 1 heterocycles. The first-order valence-electron chi connectivity index (χ1n) is 9.21. The van der Waals surface area contributed by atoms with Crippen molar-refractivity contribution in [3.8, 4) is 0 Å². The summed E-state index contributed by atoms with van der Waals surface area (Å²) in [7, 11) is 0. The molecule has 0 spiro atoms. The lowest BCUT2D eigenvalue weighted by atomic mass is 9.83. The zero-order valence-electron chi connectivity index (χ0n) is 13.5. The van der Waals surface area contributed by atoms with Gasteiger partial charge in [-0.05, 0) is 56.5 Å². The highest BCUT2D eigenvalue weighted by Gasteiger charge is 2.33. The maximum absolute atomic E-state index is 3.88. The standard InChI is InChI=1S/C18H34N2/c1-18(10-5-6-11-18)15-20-13-7-12-19-17(14-20)16-8-3-2-4-9-16/h16-17,19H,2-15H2,1H3. The summed E-state index contributed by atoms with van der Waals surface area (Å²) < 4.78 is 0. The molecule has 20 heavy (non-hydrogen) atoms. The molecule has 2 nitrogen and oxygen atoms in total. The van der Waals surface area contributed by atoms with Crippen molar-refractivity contribution >= 4 is 0 Å². The van der Waals surface area contributed by atoms with Gasteiger partial charge in [0.1, 0.15) is 0 Å². The van der Waals surface area contributed by atoms with E-state index >= 15 is 0 Å². The van der Waals surface area contributed by atoms with Gasteiger partial charge < -0.3 is 10.2 Å². The summed E-state index contributed by atoms with van der Waals surface area (Å²) in [4.78, 5) is 2.81. The third-order valence-corrected chi connectivity index (χ3v) is 6.15. The molecule has 3 rings (SSSR count). The van der Waals surface area contributed by atoms with Crippen LogP contribution in [0.5, 0.6) is 0 Å². The highest BCUT2D eigenvalue weighted by Crippen LogP contribution is 2.38. The molecule has 0 aromatic rings. The second kappa shape index (κ2) is 6.79. The quantitative estimate of drug-likeness (QED) is 0.844. The van der Waals surface area contributed by atoms with E-state index in [-0.39, 0.29) is 0 Å². The molecule has 2 aliphatic carbocycles. The summed E-state index contributed by atoms with van der Waals surface area (Å²) in [5.74, 6) is 0.959. The Balaban J connectivity index is 1.56. The molecule has 0 radical (unpaired) electrons. The monoisotopic (exact) mass is 278 g/mol. The average molecular weight is 278 g/mol. The molecule has 3 fully saturated rings. The van der Waals surface area contributed by atoms with Crippen molar-refractivity contribution in [2.45, 2.75) is 77.2 Å². The van der Waals surface area contributed by atoms with Gasteiger partial charge in [-0.15, -0.1) is 0 Å². The SMILES string of the molecule is CC1(CN2CCCNC(C3CCCCC3)C2)CCCC1. The van der Waals surface area contributed by atoms with Gasteiger partial charge in [-0.3, -0.25) is 0 Å². The fourth-order valence-corrected chi connectivity index (χ4v) is 4.95. The van der Waals surface area contributed by atoms with Crippen LogP contribution in [0.15, 0.2) is 0 Å². The van der Waals surface area contributed by atoms with Gasteiger partial charge in [0.05, 0.1) is 0 Å². The molecule has 0 bridgehead atoms. The lowest BCUT2D eigenvalue weighted by Gasteiger charge is -2.36. The summed E-state index contributed by atoms with van der Waals surface area (Å²) in [6.07, 6.45) is 14.6. The Hall–Kier alpha value is -0.0800. The second-order valence-electron chi connectivity index (χ2n) is 8.07.